The molecule has 0 radical (unpaired) electrons. The highest BCUT2D eigenvalue weighted by atomic mass is 35.5. The van der Waals surface area contributed by atoms with E-state index in [2.05, 4.69) is 4.98 Å². The topological polar surface area (TPSA) is 106 Å². The normalized spacial score (nSPS) is 11.3. The number of ketones is 1. The summed E-state index contributed by atoms with van der Waals surface area (Å²) in [5, 5.41) is 8.83. The van der Waals surface area contributed by atoms with Gasteiger partial charge in [0.15, 0.2) is 12.3 Å². The van der Waals surface area contributed by atoms with Gasteiger partial charge in [-0.2, -0.15) is 5.26 Å². The van der Waals surface area contributed by atoms with Gasteiger partial charge in [-0.15, -0.1) is 0 Å². The van der Waals surface area contributed by atoms with Gasteiger partial charge in [0.05, 0.1) is 5.02 Å². The second kappa shape index (κ2) is 6.89. The van der Waals surface area contributed by atoms with E-state index in [0.717, 1.165) is 0 Å². The smallest absolute Gasteiger partial charge is 0.359 e. The lowest BCUT2D eigenvalue weighted by atomic mass is 10.1. The third-order valence-corrected chi connectivity index (χ3v) is 2.64. The quantitative estimate of drug-likeness (QED) is 0.393. The number of nitrogens with zero attached hydrogens (tertiary/aromatic N) is 2. The van der Waals surface area contributed by atoms with Crippen molar-refractivity contribution in [2.24, 2.45) is 5.73 Å². The number of rotatable bonds is 4. The number of carbonyl (C=O) groups is 2. The number of nitrogens with two attached hydrogens (primary N) is 1. The fourth-order valence-corrected chi connectivity index (χ4v) is 1.53. The van der Waals surface area contributed by atoms with E-state index < -0.39 is 18.4 Å². The number of carbonyl (C=O) groups excluding carboxylic acids is 2. The van der Waals surface area contributed by atoms with E-state index in [9.17, 15) is 9.59 Å². The second-order valence-corrected chi connectivity index (χ2v) is 4.43. The second-order valence-electron chi connectivity index (χ2n) is 3.63. The Morgan fingerprint density at radius 3 is 2.65 bits per heavy atom. The summed E-state index contributed by atoms with van der Waals surface area (Å²) in [6, 6.07) is 4.41. The van der Waals surface area contributed by atoms with Crippen LogP contribution < -0.4 is 5.73 Å². The summed E-state index contributed by atoms with van der Waals surface area (Å²) in [4.78, 5) is 27.0. The third kappa shape index (κ3) is 3.95. The Hall–Kier alpha value is -2.10. The number of allylic oxidation sites excluding steroid dienone is 1. The maximum atomic E-state index is 11.7. The fraction of sp³-hybridized carbons (Fsp3) is 0.167. The summed E-state index contributed by atoms with van der Waals surface area (Å²) in [5.74, 6) is -1.63. The van der Waals surface area contributed by atoms with E-state index >= 15 is 0 Å². The third-order valence-electron chi connectivity index (χ3n) is 2.12. The van der Waals surface area contributed by atoms with Crippen LogP contribution in [-0.2, 0) is 9.53 Å². The minimum Gasteiger partial charge on any atom is -0.452 e. The maximum absolute atomic E-state index is 11.7. The van der Waals surface area contributed by atoms with E-state index in [1.165, 1.54) is 19.1 Å². The number of aromatic nitrogens is 1. The van der Waals surface area contributed by atoms with Crippen LogP contribution in [0.5, 0.6) is 0 Å². The Bertz CT molecular complexity index is 631. The molecule has 0 aliphatic rings. The molecule has 0 fully saturated rings. The minimum atomic E-state index is -0.919. The predicted octanol–water partition coefficient (Wildman–Crippen LogP) is 1.87. The first-order valence-corrected chi connectivity index (χ1v) is 6.01. The molecule has 1 aromatic heterocycles. The average Bonchev–Trinajstić information content (AvgIpc) is 2.39. The number of ether oxygens (including phenoxy) is 1. The molecule has 0 aliphatic carbocycles. The summed E-state index contributed by atoms with van der Waals surface area (Å²) >= 11 is 11.4. The zero-order chi connectivity index (χ0) is 15.3. The first kappa shape index (κ1) is 16.0. The maximum Gasteiger partial charge on any atom is 0.359 e. The molecule has 0 aliphatic heterocycles. The standard InChI is InChI=1S/C12H9Cl2N3O3/c1-6(16)7(4-15)9(18)5-20-12(19)11-8(13)2-3-10(14)17-11/h2-3H,5,16H2,1H3/b7-6-. The Morgan fingerprint density at radius 2 is 2.10 bits per heavy atom. The highest BCUT2D eigenvalue weighted by Gasteiger charge is 2.18. The van der Waals surface area contributed by atoms with Gasteiger partial charge in [0, 0.05) is 5.70 Å². The first-order chi connectivity index (χ1) is 9.36. The lowest BCUT2D eigenvalue weighted by Gasteiger charge is -2.05. The van der Waals surface area contributed by atoms with Crippen LogP contribution in [-0.4, -0.2) is 23.3 Å². The molecule has 0 atom stereocenters. The number of hydrogen-bond donors (Lipinski definition) is 1. The molecule has 0 bridgehead atoms. The Morgan fingerprint density at radius 1 is 1.45 bits per heavy atom. The minimum absolute atomic E-state index is 0.0397. The molecular weight excluding hydrogens is 305 g/mol. The molecule has 0 aromatic carbocycles. The van der Waals surface area contributed by atoms with E-state index in [4.69, 9.17) is 38.9 Å². The van der Waals surface area contributed by atoms with Gasteiger partial charge in [0.1, 0.15) is 16.8 Å². The summed E-state index contributed by atoms with van der Waals surface area (Å²) < 4.78 is 4.72. The van der Waals surface area contributed by atoms with Crippen LogP contribution in [0.15, 0.2) is 23.4 Å². The number of Topliss-reactive ketones (excluding diaryl/α,β-unsaturated/α-hetero) is 1. The van der Waals surface area contributed by atoms with Crippen LogP contribution in [0, 0.1) is 11.3 Å². The SMILES string of the molecule is C/C(N)=C(\C#N)C(=O)COC(=O)c1nc(Cl)ccc1Cl. The van der Waals surface area contributed by atoms with Crippen LogP contribution in [0.1, 0.15) is 17.4 Å². The summed E-state index contributed by atoms with van der Waals surface area (Å²) in [6.45, 7) is 0.758. The van der Waals surface area contributed by atoms with Gasteiger partial charge >= 0.3 is 5.97 Å². The molecule has 0 spiro atoms. The fourth-order valence-electron chi connectivity index (χ4n) is 1.20. The lowest BCUT2D eigenvalue weighted by molar-refractivity contribution is -0.118. The van der Waals surface area contributed by atoms with Gasteiger partial charge in [-0.3, -0.25) is 4.79 Å². The van der Waals surface area contributed by atoms with Gasteiger partial charge in [0.2, 0.25) is 5.78 Å². The Balaban J connectivity index is 2.79. The molecule has 8 heteroatoms. The summed E-state index contributed by atoms with van der Waals surface area (Å²) in [5.41, 5.74) is 4.93. The van der Waals surface area contributed by atoms with Crippen molar-refractivity contribution in [1.82, 2.24) is 4.98 Å². The van der Waals surface area contributed by atoms with Crippen molar-refractivity contribution < 1.29 is 14.3 Å². The molecule has 0 saturated heterocycles. The summed E-state index contributed by atoms with van der Waals surface area (Å²) in [6.07, 6.45) is 0. The zero-order valence-corrected chi connectivity index (χ0v) is 11.8. The zero-order valence-electron chi connectivity index (χ0n) is 10.3. The molecule has 6 nitrogen and oxygen atoms in total. The van der Waals surface area contributed by atoms with E-state index in [-0.39, 0.29) is 27.1 Å². The van der Waals surface area contributed by atoms with Gasteiger partial charge in [0.25, 0.3) is 0 Å². The van der Waals surface area contributed by atoms with Gasteiger partial charge in [-0.25, -0.2) is 9.78 Å². The van der Waals surface area contributed by atoms with Crippen LogP contribution in [0.3, 0.4) is 0 Å². The highest BCUT2D eigenvalue weighted by molar-refractivity contribution is 6.34. The van der Waals surface area contributed by atoms with Crippen molar-refractivity contribution in [2.75, 3.05) is 6.61 Å². The highest BCUT2D eigenvalue weighted by Crippen LogP contribution is 2.17. The van der Waals surface area contributed by atoms with Crippen LogP contribution in [0.2, 0.25) is 10.2 Å². The molecule has 1 heterocycles. The number of esters is 1. The van der Waals surface area contributed by atoms with Crippen molar-refractivity contribution in [2.45, 2.75) is 6.92 Å². The first-order valence-electron chi connectivity index (χ1n) is 5.25. The van der Waals surface area contributed by atoms with E-state index in [1.54, 1.807) is 6.07 Å². The number of pyridine rings is 1. The monoisotopic (exact) mass is 313 g/mol. The van der Waals surface area contributed by atoms with Crippen molar-refractivity contribution in [3.8, 4) is 6.07 Å². The van der Waals surface area contributed by atoms with Crippen LogP contribution >= 0.6 is 23.2 Å². The molecule has 104 valence electrons. The summed E-state index contributed by atoms with van der Waals surface area (Å²) in [7, 11) is 0. The predicted molar refractivity (Wildman–Crippen MR) is 72.0 cm³/mol. The molecule has 0 amide bonds. The average molecular weight is 314 g/mol. The number of halogens is 2. The number of hydrogen-bond acceptors (Lipinski definition) is 6. The van der Waals surface area contributed by atoms with Crippen molar-refractivity contribution in [3.05, 3.63) is 39.3 Å². The van der Waals surface area contributed by atoms with Crippen molar-refractivity contribution >= 4 is 35.0 Å². The Labute approximate surface area is 124 Å². The van der Waals surface area contributed by atoms with Gasteiger partial charge in [-0.1, -0.05) is 23.2 Å². The molecule has 0 saturated carbocycles. The molecular formula is C12H9Cl2N3O3. The van der Waals surface area contributed by atoms with E-state index in [1.807, 2.05) is 0 Å². The molecule has 0 unspecified atom stereocenters. The largest absolute Gasteiger partial charge is 0.452 e. The molecule has 1 rings (SSSR count). The lowest BCUT2D eigenvalue weighted by Crippen LogP contribution is -2.18. The molecule has 1 aromatic rings. The van der Waals surface area contributed by atoms with Gasteiger partial charge < -0.3 is 10.5 Å². The van der Waals surface area contributed by atoms with Crippen LogP contribution in [0.25, 0.3) is 0 Å². The van der Waals surface area contributed by atoms with Crippen molar-refractivity contribution in [3.63, 3.8) is 0 Å². The van der Waals surface area contributed by atoms with Gasteiger partial charge in [-0.05, 0) is 19.1 Å². The Kier molecular flexibility index (Phi) is 5.50. The van der Waals surface area contributed by atoms with Crippen LogP contribution in [0.4, 0.5) is 0 Å². The van der Waals surface area contributed by atoms with E-state index in [0.29, 0.717) is 0 Å². The van der Waals surface area contributed by atoms with Crippen molar-refractivity contribution in [1.29, 1.82) is 5.26 Å². The molecule has 20 heavy (non-hydrogen) atoms. The number of nitriles is 1. The molecule has 2 N–H and O–H groups in total.